The smallest absolute Gasteiger partial charge is 0.247 e. The van der Waals surface area contributed by atoms with Gasteiger partial charge in [-0.15, -0.1) is 0 Å². The zero-order chi connectivity index (χ0) is 18.7. The maximum atomic E-state index is 10.9. The minimum absolute atomic E-state index is 0.0595. The van der Waals surface area contributed by atoms with Gasteiger partial charge < -0.3 is 0 Å². The van der Waals surface area contributed by atoms with Gasteiger partial charge in [0.25, 0.3) is 0 Å². The third kappa shape index (κ3) is 3.52. The number of benzene rings is 3. The van der Waals surface area contributed by atoms with E-state index in [2.05, 4.69) is 66.7 Å². The molecule has 0 aromatic heterocycles. The van der Waals surface area contributed by atoms with E-state index in [4.69, 9.17) is 0 Å². The van der Waals surface area contributed by atoms with Crippen molar-refractivity contribution in [2.24, 2.45) is 5.92 Å². The molecule has 0 N–H and O–H groups in total. The minimum Gasteiger partial charge on any atom is -0.247 e. The van der Waals surface area contributed by atoms with Crippen molar-refractivity contribution in [3.05, 3.63) is 107 Å². The number of rotatable bonds is 7. The van der Waals surface area contributed by atoms with Crippen molar-refractivity contribution in [1.82, 2.24) is 0 Å². The van der Waals surface area contributed by atoms with Crippen LogP contribution in [0, 0.1) is 5.92 Å². The van der Waals surface area contributed by atoms with Gasteiger partial charge in [0.2, 0.25) is 0 Å². The van der Waals surface area contributed by atoms with Crippen LogP contribution in [0.15, 0.2) is 84.9 Å². The molecular formula is C25H23O2. The van der Waals surface area contributed by atoms with Crippen molar-refractivity contribution in [3.8, 4) is 0 Å². The molecule has 3 aromatic rings. The van der Waals surface area contributed by atoms with Gasteiger partial charge in [-0.2, -0.15) is 0 Å². The molecule has 1 aliphatic rings. The van der Waals surface area contributed by atoms with Crippen molar-refractivity contribution in [2.45, 2.75) is 31.1 Å². The molecule has 1 fully saturated rings. The largest absolute Gasteiger partial charge is 0.355 e. The van der Waals surface area contributed by atoms with Crippen LogP contribution >= 0.6 is 0 Å². The highest BCUT2D eigenvalue weighted by Gasteiger charge is 2.55. The summed E-state index contributed by atoms with van der Waals surface area (Å²) < 4.78 is 0. The maximum Gasteiger partial charge on any atom is 0.355 e. The van der Waals surface area contributed by atoms with Crippen molar-refractivity contribution in [3.63, 3.8) is 0 Å². The van der Waals surface area contributed by atoms with Crippen LogP contribution in [0.4, 0.5) is 0 Å². The monoisotopic (exact) mass is 355 g/mol. The molecule has 135 valence electrons. The Morgan fingerprint density at radius 2 is 1.30 bits per heavy atom. The molecule has 1 aliphatic carbocycles. The van der Waals surface area contributed by atoms with Crippen LogP contribution in [0.5, 0.6) is 0 Å². The normalized spacial score (nSPS) is 17.4. The van der Waals surface area contributed by atoms with Crippen molar-refractivity contribution >= 4 is 5.97 Å². The Kier molecular flexibility index (Phi) is 4.81. The van der Waals surface area contributed by atoms with Crippen molar-refractivity contribution < 1.29 is 9.90 Å². The molecule has 2 heteroatoms. The Morgan fingerprint density at radius 1 is 0.778 bits per heavy atom. The van der Waals surface area contributed by atoms with Crippen molar-refractivity contribution in [2.75, 3.05) is 0 Å². The molecule has 0 bridgehead atoms. The summed E-state index contributed by atoms with van der Waals surface area (Å²) in [7, 11) is 0. The van der Waals surface area contributed by atoms with Crippen LogP contribution in [-0.2, 0) is 28.2 Å². The van der Waals surface area contributed by atoms with Gasteiger partial charge in [-0.05, 0) is 47.4 Å². The van der Waals surface area contributed by atoms with Gasteiger partial charge in [-0.25, -0.2) is 9.90 Å². The highest BCUT2D eigenvalue weighted by molar-refractivity contribution is 5.66. The molecule has 27 heavy (non-hydrogen) atoms. The quantitative estimate of drug-likeness (QED) is 0.579. The fourth-order valence-electron chi connectivity index (χ4n) is 4.42. The first-order chi connectivity index (χ1) is 13.2. The lowest BCUT2D eigenvalue weighted by Gasteiger charge is -2.20. The van der Waals surface area contributed by atoms with Crippen LogP contribution in [0.25, 0.3) is 0 Å². The standard InChI is InChI=1S/C25H23O2/c26-24(27)16-15-19-9-7-8-10-20(19)17-23-18-25(23,21-11-3-1-4-12-21)22-13-5-2-6-14-22/h1-14,23H,15-18H2. The first kappa shape index (κ1) is 17.5. The molecular weight excluding hydrogens is 332 g/mol. The summed E-state index contributed by atoms with van der Waals surface area (Å²) in [5.41, 5.74) is 5.19. The van der Waals surface area contributed by atoms with Crippen LogP contribution in [0.1, 0.15) is 35.1 Å². The molecule has 0 saturated heterocycles. The molecule has 0 heterocycles. The van der Waals surface area contributed by atoms with Crippen LogP contribution in [-0.4, -0.2) is 5.97 Å². The summed E-state index contributed by atoms with van der Waals surface area (Å²) in [6.07, 6.45) is 2.70. The summed E-state index contributed by atoms with van der Waals surface area (Å²) in [4.78, 5) is 10.9. The molecule has 0 amide bonds. The van der Waals surface area contributed by atoms with Crippen LogP contribution < -0.4 is 0 Å². The van der Waals surface area contributed by atoms with E-state index < -0.39 is 5.97 Å². The van der Waals surface area contributed by atoms with Gasteiger partial charge in [-0.3, -0.25) is 0 Å². The molecule has 1 saturated carbocycles. The Hall–Kier alpha value is -2.87. The summed E-state index contributed by atoms with van der Waals surface area (Å²) in [6, 6.07) is 29.7. The third-order valence-electron chi connectivity index (χ3n) is 5.87. The highest BCUT2D eigenvalue weighted by Crippen LogP contribution is 2.60. The van der Waals surface area contributed by atoms with Gasteiger partial charge >= 0.3 is 5.97 Å². The zero-order valence-corrected chi connectivity index (χ0v) is 15.3. The summed E-state index contributed by atoms with van der Waals surface area (Å²) >= 11 is 0. The molecule has 2 nitrogen and oxygen atoms in total. The van der Waals surface area contributed by atoms with Gasteiger partial charge in [-0.1, -0.05) is 84.9 Å². The molecule has 1 atom stereocenters. The highest BCUT2D eigenvalue weighted by atomic mass is 16.4. The fourth-order valence-corrected chi connectivity index (χ4v) is 4.42. The first-order valence-corrected chi connectivity index (χ1v) is 9.58. The van der Waals surface area contributed by atoms with E-state index in [1.165, 1.54) is 16.7 Å². The number of carbonyl (C=O) groups is 1. The van der Waals surface area contributed by atoms with Gasteiger partial charge in [0.1, 0.15) is 0 Å². The summed E-state index contributed by atoms with van der Waals surface area (Å²) in [5.74, 6) is -0.467. The third-order valence-corrected chi connectivity index (χ3v) is 5.87. The van der Waals surface area contributed by atoms with Crippen LogP contribution in [0.2, 0.25) is 0 Å². The Bertz CT molecular complexity index is 876. The fraction of sp³-hybridized carbons (Fsp3) is 0.240. The first-order valence-electron chi connectivity index (χ1n) is 9.58. The second-order valence-electron chi connectivity index (χ2n) is 7.45. The predicted molar refractivity (Wildman–Crippen MR) is 106 cm³/mol. The topological polar surface area (TPSA) is 37.0 Å². The van der Waals surface area contributed by atoms with E-state index in [0.717, 1.165) is 18.4 Å². The van der Waals surface area contributed by atoms with Gasteiger partial charge in [0, 0.05) is 5.41 Å². The second-order valence-corrected chi connectivity index (χ2v) is 7.45. The molecule has 0 aliphatic heterocycles. The molecule has 3 aromatic carbocycles. The van der Waals surface area contributed by atoms with Gasteiger partial charge in [0.15, 0.2) is 0 Å². The number of carbonyl (C=O) groups excluding carboxylic acids is 1. The summed E-state index contributed by atoms with van der Waals surface area (Å²) in [5, 5.41) is 10.9. The molecule has 4 rings (SSSR count). The van der Waals surface area contributed by atoms with Crippen molar-refractivity contribution in [1.29, 1.82) is 0 Å². The van der Waals surface area contributed by atoms with E-state index in [1.54, 1.807) is 0 Å². The predicted octanol–water partition coefficient (Wildman–Crippen LogP) is 5.13. The van der Waals surface area contributed by atoms with E-state index in [9.17, 15) is 9.90 Å². The Morgan fingerprint density at radius 3 is 1.85 bits per heavy atom. The molecule has 1 unspecified atom stereocenters. The number of aryl methyl sites for hydroxylation is 1. The average Bonchev–Trinajstić information content (AvgIpc) is 3.43. The number of hydrogen-bond donors (Lipinski definition) is 0. The average molecular weight is 355 g/mol. The zero-order valence-electron chi connectivity index (χ0n) is 15.3. The number of hydrogen-bond acceptors (Lipinski definition) is 1. The van der Waals surface area contributed by atoms with E-state index in [1.807, 2.05) is 18.2 Å². The van der Waals surface area contributed by atoms with Gasteiger partial charge in [0.05, 0.1) is 6.42 Å². The minimum atomic E-state index is -0.987. The Labute approximate surface area is 160 Å². The SMILES string of the molecule is [O]C(=O)CCc1ccccc1CC1CC1(c1ccccc1)c1ccccc1. The van der Waals surface area contributed by atoms with Crippen LogP contribution in [0.3, 0.4) is 0 Å². The van der Waals surface area contributed by atoms with E-state index in [0.29, 0.717) is 12.3 Å². The summed E-state index contributed by atoms with van der Waals surface area (Å²) in [6.45, 7) is 0. The second kappa shape index (κ2) is 7.40. The lowest BCUT2D eigenvalue weighted by molar-refractivity contribution is -0.143. The lowest BCUT2D eigenvalue weighted by Crippen LogP contribution is -2.14. The maximum absolute atomic E-state index is 10.9. The van der Waals surface area contributed by atoms with E-state index >= 15 is 0 Å². The Balaban J connectivity index is 1.63. The molecule has 1 radical (unpaired) electrons. The van der Waals surface area contributed by atoms with E-state index in [-0.39, 0.29) is 11.8 Å². The molecule has 0 spiro atoms. The lowest BCUT2D eigenvalue weighted by atomic mass is 9.84.